The second kappa shape index (κ2) is 6.86. The number of amides is 1. The Morgan fingerprint density at radius 3 is 2.63 bits per heavy atom. The Labute approximate surface area is 112 Å². The molecule has 106 valence electrons. The zero-order valence-corrected chi connectivity index (χ0v) is 11.6. The van der Waals surface area contributed by atoms with Gasteiger partial charge < -0.3 is 5.32 Å². The van der Waals surface area contributed by atoms with Crippen LogP contribution >= 0.6 is 0 Å². The van der Waals surface area contributed by atoms with E-state index in [0.29, 0.717) is 18.7 Å². The first-order valence-electron chi connectivity index (χ1n) is 6.51. The Morgan fingerprint density at radius 2 is 2.11 bits per heavy atom. The van der Waals surface area contributed by atoms with Gasteiger partial charge in [0.25, 0.3) is 5.91 Å². The summed E-state index contributed by atoms with van der Waals surface area (Å²) in [7, 11) is 1.55. The number of aryl methyl sites for hydroxylation is 2. The monoisotopic (exact) mass is 268 g/mol. The number of carbonyl (C=O) groups excluding carboxylic acids is 1. The highest BCUT2D eigenvalue weighted by Crippen LogP contribution is 2.23. The predicted molar refractivity (Wildman–Crippen MR) is 71.1 cm³/mol. The van der Waals surface area contributed by atoms with E-state index >= 15 is 0 Å². The Balaban J connectivity index is 2.89. The van der Waals surface area contributed by atoms with E-state index in [-0.39, 0.29) is 11.4 Å². The molecule has 0 radical (unpaired) electrons. The van der Waals surface area contributed by atoms with Gasteiger partial charge in [0, 0.05) is 13.6 Å². The zero-order valence-electron chi connectivity index (χ0n) is 11.6. The van der Waals surface area contributed by atoms with Crippen LogP contribution in [0.3, 0.4) is 0 Å². The summed E-state index contributed by atoms with van der Waals surface area (Å²) in [5, 5.41) is 17.8. The van der Waals surface area contributed by atoms with Crippen molar-refractivity contribution >= 4 is 11.6 Å². The molecule has 1 aromatic heterocycles. The molecule has 0 saturated carbocycles. The second-order valence-corrected chi connectivity index (χ2v) is 4.34. The van der Waals surface area contributed by atoms with Crippen LogP contribution in [-0.4, -0.2) is 27.2 Å². The summed E-state index contributed by atoms with van der Waals surface area (Å²) < 4.78 is 1.28. The van der Waals surface area contributed by atoms with Crippen LogP contribution < -0.4 is 5.32 Å². The molecule has 19 heavy (non-hydrogen) atoms. The van der Waals surface area contributed by atoms with Gasteiger partial charge in [0.1, 0.15) is 5.69 Å². The topological polar surface area (TPSA) is 90.1 Å². The number of aromatic nitrogens is 2. The van der Waals surface area contributed by atoms with Crippen LogP contribution in [-0.2, 0) is 13.5 Å². The third-order valence-electron chi connectivity index (χ3n) is 2.89. The average Bonchev–Trinajstić information content (AvgIpc) is 2.71. The highest BCUT2D eigenvalue weighted by Gasteiger charge is 2.29. The van der Waals surface area contributed by atoms with Crippen molar-refractivity contribution in [2.45, 2.75) is 39.5 Å². The van der Waals surface area contributed by atoms with Gasteiger partial charge in [-0.15, -0.1) is 0 Å². The van der Waals surface area contributed by atoms with Gasteiger partial charge >= 0.3 is 5.69 Å². The first kappa shape index (κ1) is 15.1. The van der Waals surface area contributed by atoms with Crippen LogP contribution in [0.25, 0.3) is 0 Å². The van der Waals surface area contributed by atoms with Crippen molar-refractivity contribution in [3.63, 3.8) is 0 Å². The van der Waals surface area contributed by atoms with Gasteiger partial charge in [-0.3, -0.25) is 19.6 Å². The van der Waals surface area contributed by atoms with Crippen LogP contribution in [0, 0.1) is 10.1 Å². The summed E-state index contributed by atoms with van der Waals surface area (Å²) in [6.07, 6.45) is 3.37. The van der Waals surface area contributed by atoms with Crippen LogP contribution in [0.2, 0.25) is 0 Å². The molecule has 7 nitrogen and oxygen atoms in total. The highest BCUT2D eigenvalue weighted by molar-refractivity contribution is 5.96. The van der Waals surface area contributed by atoms with Gasteiger partial charge in [0.05, 0.1) is 4.92 Å². The molecule has 0 aliphatic rings. The van der Waals surface area contributed by atoms with E-state index in [0.717, 1.165) is 19.3 Å². The molecule has 0 atom stereocenters. The molecular weight excluding hydrogens is 248 g/mol. The van der Waals surface area contributed by atoms with Crippen LogP contribution in [0.1, 0.15) is 49.3 Å². The molecule has 0 saturated heterocycles. The Bertz CT molecular complexity index is 468. The lowest BCUT2D eigenvalue weighted by Gasteiger charge is -2.04. The van der Waals surface area contributed by atoms with Crippen molar-refractivity contribution in [1.82, 2.24) is 15.1 Å². The molecule has 0 aliphatic heterocycles. The smallest absolute Gasteiger partial charge is 0.323 e. The molecule has 1 amide bonds. The first-order valence-corrected chi connectivity index (χ1v) is 6.51. The number of nitrogens with zero attached hydrogens (tertiary/aromatic N) is 3. The highest BCUT2D eigenvalue weighted by atomic mass is 16.6. The van der Waals surface area contributed by atoms with Gasteiger partial charge in [-0.05, 0) is 12.8 Å². The number of rotatable bonds is 7. The van der Waals surface area contributed by atoms with Gasteiger partial charge in [0.15, 0.2) is 0 Å². The van der Waals surface area contributed by atoms with Gasteiger partial charge in [-0.1, -0.05) is 26.7 Å². The van der Waals surface area contributed by atoms with Gasteiger partial charge in [0.2, 0.25) is 5.69 Å². The number of carbonyl (C=O) groups is 1. The molecule has 1 heterocycles. The van der Waals surface area contributed by atoms with Crippen molar-refractivity contribution in [2.75, 3.05) is 6.54 Å². The van der Waals surface area contributed by atoms with E-state index in [1.165, 1.54) is 4.68 Å². The summed E-state index contributed by atoms with van der Waals surface area (Å²) in [5.74, 6) is -0.433. The lowest BCUT2D eigenvalue weighted by molar-refractivity contribution is -0.385. The summed E-state index contributed by atoms with van der Waals surface area (Å²) in [6, 6.07) is 0. The van der Waals surface area contributed by atoms with E-state index in [4.69, 9.17) is 0 Å². The summed E-state index contributed by atoms with van der Waals surface area (Å²) in [4.78, 5) is 22.5. The van der Waals surface area contributed by atoms with E-state index < -0.39 is 10.8 Å². The first-order chi connectivity index (χ1) is 9.02. The van der Waals surface area contributed by atoms with E-state index in [1.807, 2.05) is 0 Å². The van der Waals surface area contributed by atoms with Crippen molar-refractivity contribution < 1.29 is 9.72 Å². The standard InChI is InChI=1S/C12H20N4O3/c1-4-6-7-8-13-12(17)11-10(16(18)19)9(5-2)14-15(11)3/h4-8H2,1-3H3,(H,13,17). The molecular formula is C12H20N4O3. The van der Waals surface area contributed by atoms with Crippen molar-refractivity contribution in [1.29, 1.82) is 0 Å². The van der Waals surface area contributed by atoms with Crippen molar-refractivity contribution in [2.24, 2.45) is 7.05 Å². The van der Waals surface area contributed by atoms with Crippen LogP contribution in [0.5, 0.6) is 0 Å². The lowest BCUT2D eigenvalue weighted by atomic mass is 10.2. The number of nitrogens with one attached hydrogen (secondary N) is 1. The molecule has 1 rings (SSSR count). The average molecular weight is 268 g/mol. The van der Waals surface area contributed by atoms with E-state index in [1.54, 1.807) is 14.0 Å². The number of unbranched alkanes of at least 4 members (excludes halogenated alkanes) is 2. The lowest BCUT2D eigenvalue weighted by Crippen LogP contribution is -2.27. The molecule has 0 bridgehead atoms. The largest absolute Gasteiger partial charge is 0.350 e. The van der Waals surface area contributed by atoms with Crippen molar-refractivity contribution in [3.8, 4) is 0 Å². The third kappa shape index (κ3) is 3.52. The molecule has 0 spiro atoms. The van der Waals surface area contributed by atoms with Crippen LogP contribution in [0.4, 0.5) is 5.69 Å². The summed E-state index contributed by atoms with van der Waals surface area (Å²) >= 11 is 0. The van der Waals surface area contributed by atoms with Crippen molar-refractivity contribution in [3.05, 3.63) is 21.5 Å². The minimum atomic E-state index is -0.535. The molecule has 1 aromatic rings. The molecule has 7 heteroatoms. The summed E-state index contributed by atoms with van der Waals surface area (Å²) in [6.45, 7) is 4.37. The molecule has 0 aliphatic carbocycles. The van der Waals surface area contributed by atoms with E-state index in [9.17, 15) is 14.9 Å². The minimum Gasteiger partial charge on any atom is -0.350 e. The van der Waals surface area contributed by atoms with Gasteiger partial charge in [-0.25, -0.2) is 0 Å². The Kier molecular flexibility index (Phi) is 5.47. The SMILES string of the molecule is CCCCCNC(=O)c1c([N+](=O)[O-])c(CC)nn1C. The quantitative estimate of drug-likeness (QED) is 0.464. The normalized spacial score (nSPS) is 10.5. The number of nitro groups is 1. The number of hydrogen-bond acceptors (Lipinski definition) is 4. The summed E-state index contributed by atoms with van der Waals surface area (Å²) in [5.41, 5.74) is 0.183. The fourth-order valence-corrected chi connectivity index (χ4v) is 1.91. The molecule has 1 N–H and O–H groups in total. The number of hydrogen-bond donors (Lipinski definition) is 1. The van der Waals surface area contributed by atoms with E-state index in [2.05, 4.69) is 17.3 Å². The zero-order chi connectivity index (χ0) is 14.4. The fraction of sp³-hybridized carbons (Fsp3) is 0.667. The fourth-order valence-electron chi connectivity index (χ4n) is 1.91. The molecule has 0 aromatic carbocycles. The minimum absolute atomic E-state index is 0.0262. The Morgan fingerprint density at radius 1 is 1.42 bits per heavy atom. The third-order valence-corrected chi connectivity index (χ3v) is 2.89. The second-order valence-electron chi connectivity index (χ2n) is 4.34. The van der Waals surface area contributed by atoms with Gasteiger partial charge in [-0.2, -0.15) is 5.10 Å². The maximum Gasteiger partial charge on any atom is 0.323 e. The molecule has 0 unspecified atom stereocenters. The Hall–Kier alpha value is -1.92. The predicted octanol–water partition coefficient (Wildman–Crippen LogP) is 1.81. The maximum absolute atomic E-state index is 12.0. The maximum atomic E-state index is 12.0. The van der Waals surface area contributed by atoms with Crippen LogP contribution in [0.15, 0.2) is 0 Å². The molecule has 0 fully saturated rings.